The molecule has 7 nitrogen and oxygen atoms in total. The Labute approximate surface area is 155 Å². The van der Waals surface area contributed by atoms with Gasteiger partial charge in [0, 0.05) is 22.7 Å². The van der Waals surface area contributed by atoms with E-state index in [2.05, 4.69) is 5.32 Å². The molecule has 0 aromatic heterocycles. The number of nitrogen functional groups attached to an aromatic ring is 1. The fourth-order valence-electron chi connectivity index (χ4n) is 2.96. The Morgan fingerprint density at radius 2 is 1.63 bits per heavy atom. The molecule has 3 N–H and O–H groups in total. The van der Waals surface area contributed by atoms with Crippen molar-refractivity contribution in [2.75, 3.05) is 12.3 Å². The van der Waals surface area contributed by atoms with Crippen LogP contribution in [0.2, 0.25) is 0 Å². The normalized spacial score (nSPS) is 12.4. The summed E-state index contributed by atoms with van der Waals surface area (Å²) in [4.78, 5) is 49.3. The van der Waals surface area contributed by atoms with Crippen LogP contribution in [0.1, 0.15) is 56.0 Å². The first-order chi connectivity index (χ1) is 12.8. The predicted octanol–water partition coefficient (Wildman–Crippen LogP) is 1.73. The van der Waals surface area contributed by atoms with Crippen LogP contribution < -0.4 is 11.1 Å². The molecule has 2 aromatic carbocycles. The van der Waals surface area contributed by atoms with Crippen molar-refractivity contribution in [1.29, 1.82) is 0 Å². The van der Waals surface area contributed by atoms with Crippen LogP contribution in [-0.2, 0) is 9.53 Å². The van der Waals surface area contributed by atoms with Crippen LogP contribution in [-0.4, -0.2) is 36.1 Å². The summed E-state index contributed by atoms with van der Waals surface area (Å²) in [5.41, 5.74) is 6.50. The molecule has 7 heteroatoms. The molecular weight excluding hydrogens is 348 g/mol. The number of hydrogen-bond donors (Lipinski definition) is 2. The molecule has 0 atom stereocenters. The summed E-state index contributed by atoms with van der Waals surface area (Å²) in [6.07, 6.45) is 0. The quantitative estimate of drug-likeness (QED) is 0.537. The van der Waals surface area contributed by atoms with Gasteiger partial charge in [0.2, 0.25) is 0 Å². The van der Waals surface area contributed by atoms with Crippen molar-refractivity contribution in [2.24, 2.45) is 0 Å². The number of esters is 1. The van der Waals surface area contributed by atoms with Gasteiger partial charge in [-0.05, 0) is 26.0 Å². The second-order valence-corrected chi connectivity index (χ2v) is 6.45. The van der Waals surface area contributed by atoms with Crippen molar-refractivity contribution in [3.63, 3.8) is 0 Å². The maximum Gasteiger partial charge on any atom is 0.340 e. The summed E-state index contributed by atoms with van der Waals surface area (Å²) in [6.45, 7) is 3.09. The van der Waals surface area contributed by atoms with Crippen molar-refractivity contribution in [2.45, 2.75) is 19.9 Å². The first kappa shape index (κ1) is 18.3. The van der Waals surface area contributed by atoms with Gasteiger partial charge in [-0.2, -0.15) is 0 Å². The highest BCUT2D eigenvalue weighted by atomic mass is 16.5. The fraction of sp³-hybridized carbons (Fsp3) is 0.200. The zero-order chi connectivity index (χ0) is 19.7. The van der Waals surface area contributed by atoms with Crippen molar-refractivity contribution in [3.05, 3.63) is 64.2 Å². The maximum atomic E-state index is 12.8. The van der Waals surface area contributed by atoms with Gasteiger partial charge in [-0.25, -0.2) is 4.79 Å². The number of nitrogens with one attached hydrogen (secondary N) is 1. The number of carbonyl (C=O) groups excluding carboxylic acids is 4. The molecule has 0 spiro atoms. The third-order valence-electron chi connectivity index (χ3n) is 4.14. The fourth-order valence-corrected chi connectivity index (χ4v) is 2.96. The lowest BCUT2D eigenvalue weighted by Crippen LogP contribution is -2.34. The summed E-state index contributed by atoms with van der Waals surface area (Å²) < 4.78 is 4.97. The SMILES string of the molecule is CC(C)NC(=O)COC(=O)c1ccc2c(c1N)C(=O)c1ccccc1C2=O. The van der Waals surface area contributed by atoms with Crippen LogP contribution in [0.4, 0.5) is 5.69 Å². The van der Waals surface area contributed by atoms with Crippen LogP contribution in [0.25, 0.3) is 0 Å². The topological polar surface area (TPSA) is 116 Å². The molecule has 0 heterocycles. The van der Waals surface area contributed by atoms with E-state index in [0.717, 1.165) is 0 Å². The average molecular weight is 366 g/mol. The molecule has 0 radical (unpaired) electrons. The maximum absolute atomic E-state index is 12.8. The molecule has 2 aromatic rings. The standard InChI is InChI=1S/C20H18N2O5/c1-10(2)22-15(23)9-27-20(26)14-8-7-13-16(17(14)21)19(25)12-6-4-3-5-11(12)18(13)24/h3-8,10H,9,21H2,1-2H3,(H,22,23). The number of nitrogens with two attached hydrogens (primary N) is 1. The van der Waals surface area contributed by atoms with Crippen molar-refractivity contribution in [1.82, 2.24) is 5.32 Å². The summed E-state index contributed by atoms with van der Waals surface area (Å²) in [5.74, 6) is -2.04. The highest BCUT2D eigenvalue weighted by Crippen LogP contribution is 2.32. The molecule has 0 unspecified atom stereocenters. The number of ether oxygens (including phenoxy) is 1. The largest absolute Gasteiger partial charge is 0.452 e. The van der Waals surface area contributed by atoms with E-state index in [1.807, 2.05) is 0 Å². The van der Waals surface area contributed by atoms with Gasteiger partial charge < -0.3 is 15.8 Å². The minimum absolute atomic E-state index is 0.0141. The lowest BCUT2D eigenvalue weighted by molar-refractivity contribution is -0.124. The number of rotatable bonds is 4. The number of hydrogen-bond acceptors (Lipinski definition) is 6. The third-order valence-corrected chi connectivity index (χ3v) is 4.14. The zero-order valence-corrected chi connectivity index (χ0v) is 14.9. The van der Waals surface area contributed by atoms with Gasteiger partial charge in [-0.3, -0.25) is 14.4 Å². The van der Waals surface area contributed by atoms with E-state index < -0.39 is 24.3 Å². The van der Waals surface area contributed by atoms with E-state index >= 15 is 0 Å². The lowest BCUT2D eigenvalue weighted by atomic mass is 9.82. The van der Waals surface area contributed by atoms with Crippen LogP contribution in [0.15, 0.2) is 36.4 Å². The van der Waals surface area contributed by atoms with Crippen LogP contribution >= 0.6 is 0 Å². The van der Waals surface area contributed by atoms with Crippen molar-refractivity contribution in [3.8, 4) is 0 Å². The van der Waals surface area contributed by atoms with E-state index in [1.165, 1.54) is 12.1 Å². The summed E-state index contributed by atoms with van der Waals surface area (Å²) in [6, 6.07) is 9.06. The Bertz CT molecular complexity index is 978. The number of anilines is 1. The first-order valence-corrected chi connectivity index (χ1v) is 8.38. The summed E-state index contributed by atoms with van der Waals surface area (Å²) in [5, 5.41) is 2.59. The molecule has 0 saturated carbocycles. The molecule has 27 heavy (non-hydrogen) atoms. The van der Waals surface area contributed by atoms with Crippen LogP contribution in [0.3, 0.4) is 0 Å². The van der Waals surface area contributed by atoms with Gasteiger partial charge in [-0.1, -0.05) is 24.3 Å². The Balaban J connectivity index is 1.91. The van der Waals surface area contributed by atoms with Crippen molar-refractivity contribution >= 4 is 29.1 Å². The average Bonchev–Trinajstić information content (AvgIpc) is 2.63. The van der Waals surface area contributed by atoms with Gasteiger partial charge >= 0.3 is 5.97 Å². The molecule has 1 aliphatic carbocycles. The second kappa shape index (κ2) is 7.03. The number of fused-ring (bicyclic) bond motifs is 2. The minimum atomic E-state index is -0.840. The smallest absolute Gasteiger partial charge is 0.340 e. The van der Waals surface area contributed by atoms with Crippen molar-refractivity contribution < 1.29 is 23.9 Å². The molecule has 0 saturated heterocycles. The number of benzene rings is 2. The minimum Gasteiger partial charge on any atom is -0.452 e. The predicted molar refractivity (Wildman–Crippen MR) is 97.7 cm³/mol. The first-order valence-electron chi connectivity index (χ1n) is 8.38. The summed E-state index contributed by atoms with van der Waals surface area (Å²) >= 11 is 0. The van der Waals surface area contributed by atoms with E-state index in [-0.39, 0.29) is 39.8 Å². The Hall–Kier alpha value is -3.48. The Kier molecular flexibility index (Phi) is 4.77. The summed E-state index contributed by atoms with van der Waals surface area (Å²) in [7, 11) is 0. The molecule has 1 amide bonds. The van der Waals surface area contributed by atoms with Crippen LogP contribution in [0, 0.1) is 0 Å². The van der Waals surface area contributed by atoms with Gasteiger partial charge in [0.25, 0.3) is 5.91 Å². The highest BCUT2D eigenvalue weighted by molar-refractivity contribution is 6.30. The number of ketones is 2. The molecule has 138 valence electrons. The van der Waals surface area contributed by atoms with Gasteiger partial charge in [0.15, 0.2) is 18.2 Å². The molecule has 3 rings (SSSR count). The second-order valence-electron chi connectivity index (χ2n) is 6.45. The lowest BCUT2D eigenvalue weighted by Gasteiger charge is -2.20. The number of carbonyl (C=O) groups is 4. The molecule has 1 aliphatic rings. The monoisotopic (exact) mass is 366 g/mol. The molecule has 0 bridgehead atoms. The van der Waals surface area contributed by atoms with E-state index in [0.29, 0.717) is 5.56 Å². The van der Waals surface area contributed by atoms with E-state index in [4.69, 9.17) is 10.5 Å². The Morgan fingerprint density at radius 3 is 2.26 bits per heavy atom. The van der Waals surface area contributed by atoms with Gasteiger partial charge in [0.05, 0.1) is 16.8 Å². The molecule has 0 aliphatic heterocycles. The van der Waals surface area contributed by atoms with Crippen LogP contribution in [0.5, 0.6) is 0 Å². The highest BCUT2D eigenvalue weighted by Gasteiger charge is 2.33. The number of amides is 1. The van der Waals surface area contributed by atoms with E-state index in [1.54, 1.807) is 38.1 Å². The Morgan fingerprint density at radius 1 is 1.00 bits per heavy atom. The molecule has 0 fully saturated rings. The van der Waals surface area contributed by atoms with Gasteiger partial charge in [-0.15, -0.1) is 0 Å². The van der Waals surface area contributed by atoms with E-state index in [9.17, 15) is 19.2 Å². The van der Waals surface area contributed by atoms with Gasteiger partial charge in [0.1, 0.15) is 0 Å². The third kappa shape index (κ3) is 3.31. The molecular formula is C20H18N2O5. The zero-order valence-electron chi connectivity index (χ0n) is 14.9.